The summed E-state index contributed by atoms with van der Waals surface area (Å²) in [5.74, 6) is 0.759. The first-order chi connectivity index (χ1) is 8.72. The zero-order valence-electron chi connectivity index (χ0n) is 9.86. The van der Waals surface area contributed by atoms with Crippen molar-refractivity contribution in [1.82, 2.24) is 9.55 Å². The number of nitrogens with one attached hydrogen (secondary N) is 1. The highest BCUT2D eigenvalue weighted by Gasteiger charge is 2.07. The maximum atomic E-state index is 6.04. The van der Waals surface area contributed by atoms with Crippen molar-refractivity contribution in [1.29, 1.82) is 0 Å². The van der Waals surface area contributed by atoms with Crippen LogP contribution in [-0.2, 0) is 11.3 Å². The molecule has 0 aliphatic rings. The van der Waals surface area contributed by atoms with E-state index in [-0.39, 0.29) is 0 Å². The average Bonchev–Trinajstić information content (AvgIpc) is 2.80. The van der Waals surface area contributed by atoms with Gasteiger partial charge in [0.2, 0.25) is 5.95 Å². The number of methoxy groups -OCH3 is 1. The minimum absolute atomic E-state index is 0.641. The lowest BCUT2D eigenvalue weighted by molar-refractivity contribution is 0.188. The molecule has 0 unspecified atom stereocenters. The normalized spacial score (nSPS) is 10.6. The smallest absolute Gasteiger partial charge is 0.207 e. The number of nitrogens with zero attached hydrogens (tertiary/aromatic N) is 2. The summed E-state index contributed by atoms with van der Waals surface area (Å²) in [6, 6.07) is 5.65. The standard InChI is InChI=1S/C12H13BrClN3O/c1-18-8-7-17-6-5-15-12(17)16-10-4-2-3-9(14)11(10)13/h2-6H,7-8H2,1H3,(H,15,16). The average molecular weight is 331 g/mol. The van der Waals surface area contributed by atoms with Gasteiger partial charge in [-0.25, -0.2) is 4.98 Å². The van der Waals surface area contributed by atoms with Gasteiger partial charge in [0.1, 0.15) is 0 Å². The van der Waals surface area contributed by atoms with Gasteiger partial charge in [-0.15, -0.1) is 0 Å². The van der Waals surface area contributed by atoms with Crippen LogP contribution in [-0.4, -0.2) is 23.3 Å². The molecule has 0 saturated carbocycles. The van der Waals surface area contributed by atoms with Crippen molar-refractivity contribution in [3.8, 4) is 0 Å². The molecule has 18 heavy (non-hydrogen) atoms. The van der Waals surface area contributed by atoms with E-state index in [1.807, 2.05) is 29.0 Å². The zero-order chi connectivity index (χ0) is 13.0. The zero-order valence-corrected chi connectivity index (χ0v) is 12.2. The highest BCUT2D eigenvalue weighted by molar-refractivity contribution is 9.10. The van der Waals surface area contributed by atoms with E-state index in [1.165, 1.54) is 0 Å². The Labute approximate surface area is 119 Å². The van der Waals surface area contributed by atoms with Gasteiger partial charge in [0.25, 0.3) is 0 Å². The second kappa shape index (κ2) is 6.22. The largest absolute Gasteiger partial charge is 0.383 e. The topological polar surface area (TPSA) is 39.1 Å². The van der Waals surface area contributed by atoms with Gasteiger partial charge in [0.15, 0.2) is 0 Å². The van der Waals surface area contributed by atoms with E-state index < -0.39 is 0 Å². The molecule has 1 heterocycles. The maximum absolute atomic E-state index is 6.04. The van der Waals surface area contributed by atoms with Crippen LogP contribution in [0.25, 0.3) is 0 Å². The van der Waals surface area contributed by atoms with Crippen molar-refractivity contribution >= 4 is 39.2 Å². The van der Waals surface area contributed by atoms with Crippen molar-refractivity contribution in [2.45, 2.75) is 6.54 Å². The predicted molar refractivity (Wildman–Crippen MR) is 76.5 cm³/mol. The highest BCUT2D eigenvalue weighted by Crippen LogP contribution is 2.31. The van der Waals surface area contributed by atoms with Crippen LogP contribution in [0.4, 0.5) is 11.6 Å². The van der Waals surface area contributed by atoms with Crippen LogP contribution in [0, 0.1) is 0 Å². The number of aromatic nitrogens is 2. The van der Waals surface area contributed by atoms with Crippen LogP contribution in [0.1, 0.15) is 0 Å². The summed E-state index contributed by atoms with van der Waals surface area (Å²) in [5.41, 5.74) is 0.882. The molecule has 0 fully saturated rings. The van der Waals surface area contributed by atoms with Gasteiger partial charge in [-0.2, -0.15) is 0 Å². The Morgan fingerprint density at radius 2 is 2.33 bits per heavy atom. The van der Waals surface area contributed by atoms with Crippen molar-refractivity contribution in [2.24, 2.45) is 0 Å². The predicted octanol–water partition coefficient (Wildman–Crippen LogP) is 3.69. The second-order valence-corrected chi connectivity index (χ2v) is 4.86. The summed E-state index contributed by atoms with van der Waals surface area (Å²) in [7, 11) is 1.68. The third kappa shape index (κ3) is 3.04. The monoisotopic (exact) mass is 329 g/mol. The quantitative estimate of drug-likeness (QED) is 0.909. The van der Waals surface area contributed by atoms with E-state index in [1.54, 1.807) is 13.3 Å². The Kier molecular flexibility index (Phi) is 4.63. The minimum atomic E-state index is 0.641. The molecular weight excluding hydrogens is 318 g/mol. The van der Waals surface area contributed by atoms with Crippen LogP contribution in [0.15, 0.2) is 35.1 Å². The van der Waals surface area contributed by atoms with E-state index in [4.69, 9.17) is 16.3 Å². The molecule has 1 N–H and O–H groups in total. The Morgan fingerprint density at radius 3 is 3.11 bits per heavy atom. The lowest BCUT2D eigenvalue weighted by atomic mass is 10.3. The van der Waals surface area contributed by atoms with Gasteiger partial charge in [-0.05, 0) is 28.1 Å². The molecule has 96 valence electrons. The van der Waals surface area contributed by atoms with Gasteiger partial charge in [-0.3, -0.25) is 0 Å². The lowest BCUT2D eigenvalue weighted by Crippen LogP contribution is -2.07. The number of hydrogen-bond acceptors (Lipinski definition) is 3. The Balaban J connectivity index is 2.18. The van der Waals surface area contributed by atoms with Crippen LogP contribution in [0.2, 0.25) is 5.02 Å². The highest BCUT2D eigenvalue weighted by atomic mass is 79.9. The summed E-state index contributed by atoms with van der Waals surface area (Å²) in [6.45, 7) is 1.39. The maximum Gasteiger partial charge on any atom is 0.207 e. The molecule has 1 aromatic heterocycles. The fourth-order valence-electron chi connectivity index (χ4n) is 1.52. The molecule has 0 aliphatic carbocycles. The van der Waals surface area contributed by atoms with Gasteiger partial charge in [-0.1, -0.05) is 17.7 Å². The first-order valence-corrected chi connectivity index (χ1v) is 6.60. The Morgan fingerprint density at radius 1 is 1.50 bits per heavy atom. The number of hydrogen-bond donors (Lipinski definition) is 1. The molecule has 0 saturated heterocycles. The molecule has 1 aromatic carbocycles. The van der Waals surface area contributed by atoms with Crippen LogP contribution in [0.3, 0.4) is 0 Å². The molecule has 0 radical (unpaired) electrons. The Hall–Kier alpha value is -1.04. The number of imidazole rings is 1. The van der Waals surface area contributed by atoms with E-state index in [0.29, 0.717) is 11.6 Å². The van der Waals surface area contributed by atoms with Gasteiger partial charge < -0.3 is 14.6 Å². The number of rotatable bonds is 5. The number of anilines is 2. The minimum Gasteiger partial charge on any atom is -0.383 e. The molecule has 2 aromatic rings. The molecule has 0 aliphatic heterocycles. The van der Waals surface area contributed by atoms with E-state index in [9.17, 15) is 0 Å². The van der Waals surface area contributed by atoms with E-state index in [0.717, 1.165) is 22.7 Å². The molecular formula is C12H13BrClN3O. The summed E-state index contributed by atoms with van der Waals surface area (Å²) < 4.78 is 7.87. The number of ether oxygens (including phenoxy) is 1. The lowest BCUT2D eigenvalue weighted by Gasteiger charge is -2.11. The van der Waals surface area contributed by atoms with Crippen LogP contribution < -0.4 is 5.32 Å². The molecule has 0 atom stereocenters. The van der Waals surface area contributed by atoms with Gasteiger partial charge in [0.05, 0.1) is 21.8 Å². The third-order valence-electron chi connectivity index (χ3n) is 2.45. The van der Waals surface area contributed by atoms with Crippen molar-refractivity contribution in [3.63, 3.8) is 0 Å². The molecule has 0 bridgehead atoms. The second-order valence-electron chi connectivity index (χ2n) is 3.66. The summed E-state index contributed by atoms with van der Waals surface area (Å²) in [5, 5.41) is 3.90. The van der Waals surface area contributed by atoms with E-state index >= 15 is 0 Å². The van der Waals surface area contributed by atoms with Crippen molar-refractivity contribution in [3.05, 3.63) is 40.1 Å². The fraction of sp³-hybridized carbons (Fsp3) is 0.250. The van der Waals surface area contributed by atoms with Crippen molar-refractivity contribution in [2.75, 3.05) is 19.0 Å². The van der Waals surface area contributed by atoms with Gasteiger partial charge in [0, 0.05) is 26.0 Å². The van der Waals surface area contributed by atoms with Crippen LogP contribution >= 0.6 is 27.5 Å². The third-order valence-corrected chi connectivity index (χ3v) is 3.85. The molecule has 4 nitrogen and oxygen atoms in total. The van der Waals surface area contributed by atoms with Crippen molar-refractivity contribution < 1.29 is 4.74 Å². The number of halogens is 2. The summed E-state index contributed by atoms with van der Waals surface area (Å²) in [4.78, 5) is 4.27. The summed E-state index contributed by atoms with van der Waals surface area (Å²) in [6.07, 6.45) is 3.65. The number of benzene rings is 1. The van der Waals surface area contributed by atoms with E-state index in [2.05, 4.69) is 26.2 Å². The molecule has 0 amide bonds. The van der Waals surface area contributed by atoms with Crippen LogP contribution in [0.5, 0.6) is 0 Å². The fourth-order valence-corrected chi connectivity index (χ4v) is 2.06. The summed E-state index contributed by atoms with van der Waals surface area (Å²) >= 11 is 9.49. The SMILES string of the molecule is COCCn1ccnc1Nc1cccc(Cl)c1Br. The molecule has 2 rings (SSSR count). The van der Waals surface area contributed by atoms with Gasteiger partial charge >= 0.3 is 0 Å². The Bertz CT molecular complexity index is 530. The first-order valence-electron chi connectivity index (χ1n) is 5.43. The molecule has 0 spiro atoms. The first kappa shape index (κ1) is 13.4. The molecule has 6 heteroatoms.